The summed E-state index contributed by atoms with van der Waals surface area (Å²) in [7, 11) is 0. The summed E-state index contributed by atoms with van der Waals surface area (Å²) in [4.78, 5) is 86.7. The van der Waals surface area contributed by atoms with Crippen molar-refractivity contribution in [3.05, 3.63) is 130 Å². The SMILES string of the molecule is CCCCCCC(CCCCCC)N1C(=O)c2ccc3c4ccc5c6c(ccc(c7ccc(c2c37)C1=O)c64)C(=O)N(CCOC(=O)c1cccc2c1C(=O)c1ccccc1-2)C5=O. The first kappa shape index (κ1) is 39.4. The molecule has 7 aromatic carbocycles. The van der Waals surface area contributed by atoms with Gasteiger partial charge < -0.3 is 4.74 Å². The minimum atomic E-state index is -0.710. The smallest absolute Gasteiger partial charge is 0.338 e. The molecule has 0 bridgehead atoms. The van der Waals surface area contributed by atoms with Crippen molar-refractivity contribution in [1.82, 2.24) is 9.80 Å². The van der Waals surface area contributed by atoms with Crippen molar-refractivity contribution < 1.29 is 33.5 Å². The Morgan fingerprint density at radius 1 is 0.500 bits per heavy atom. The van der Waals surface area contributed by atoms with E-state index in [0.717, 1.165) is 107 Å². The average Bonchev–Trinajstić information content (AvgIpc) is 3.59. The number of hydrogen-bond acceptors (Lipinski definition) is 7. The van der Waals surface area contributed by atoms with E-state index in [-0.39, 0.29) is 47.9 Å². The van der Waals surface area contributed by atoms with Crippen LogP contribution in [0, 0.1) is 0 Å². The molecule has 1 aliphatic carbocycles. The van der Waals surface area contributed by atoms with E-state index in [9.17, 15) is 28.8 Å². The Morgan fingerprint density at radius 2 is 0.984 bits per heavy atom. The van der Waals surface area contributed by atoms with Crippen molar-refractivity contribution in [2.24, 2.45) is 0 Å². The molecule has 0 aromatic heterocycles. The summed E-state index contributed by atoms with van der Waals surface area (Å²) in [6.45, 7) is 3.92. The second kappa shape index (κ2) is 15.6. The van der Waals surface area contributed by atoms with Crippen LogP contribution in [0.1, 0.15) is 146 Å². The first-order chi connectivity index (χ1) is 30.2. The third kappa shape index (κ3) is 5.96. The van der Waals surface area contributed by atoms with E-state index < -0.39 is 17.8 Å². The first-order valence-corrected chi connectivity index (χ1v) is 22.1. The molecule has 0 N–H and O–H groups in total. The van der Waals surface area contributed by atoms with Crippen LogP contribution in [0.2, 0.25) is 0 Å². The number of carbonyl (C=O) groups excluding carboxylic acids is 6. The Hall–Kier alpha value is -6.74. The number of benzene rings is 7. The lowest BCUT2D eigenvalue weighted by atomic mass is 9.82. The molecule has 310 valence electrons. The van der Waals surface area contributed by atoms with Gasteiger partial charge in [0.2, 0.25) is 0 Å². The molecule has 0 spiro atoms. The normalized spacial score (nSPS) is 14.4. The summed E-state index contributed by atoms with van der Waals surface area (Å²) in [6.07, 6.45) is 10.2. The van der Waals surface area contributed by atoms with Crippen LogP contribution < -0.4 is 0 Å². The molecule has 0 fully saturated rings. The highest BCUT2D eigenvalue weighted by Gasteiger charge is 2.39. The summed E-state index contributed by atoms with van der Waals surface area (Å²) in [5.74, 6) is -2.44. The molecule has 0 atom stereocenters. The van der Waals surface area contributed by atoms with Gasteiger partial charge in [-0.05, 0) is 86.6 Å². The van der Waals surface area contributed by atoms with E-state index in [2.05, 4.69) is 13.8 Å². The second-order valence-electron chi connectivity index (χ2n) is 17.0. The molecule has 0 saturated carbocycles. The molecular formula is C53H46N2O7. The second-order valence-corrected chi connectivity index (χ2v) is 17.0. The summed E-state index contributed by atoms with van der Waals surface area (Å²) in [5, 5.41) is 6.11. The van der Waals surface area contributed by atoms with E-state index >= 15 is 0 Å². The number of rotatable bonds is 15. The molecule has 4 amide bonds. The fourth-order valence-electron chi connectivity index (χ4n) is 10.4. The Kier molecular flexibility index (Phi) is 9.93. The van der Waals surface area contributed by atoms with Crippen LogP contribution in [0.3, 0.4) is 0 Å². The Bertz CT molecular complexity index is 2940. The highest BCUT2D eigenvalue weighted by molar-refractivity contribution is 6.41. The highest BCUT2D eigenvalue weighted by atomic mass is 16.5. The molecule has 9 heteroatoms. The predicted octanol–water partition coefficient (Wildman–Crippen LogP) is 11.3. The molecule has 0 unspecified atom stereocenters. The highest BCUT2D eigenvalue weighted by Crippen LogP contribution is 2.47. The van der Waals surface area contributed by atoms with Crippen molar-refractivity contribution >= 4 is 78.5 Å². The molecule has 9 nitrogen and oxygen atoms in total. The standard InChI is InChI=1S/C53H46N2O7/c1-3-5-7-9-14-30(15-10-8-6-4-2)55-51(59)40-26-22-35-33-20-24-38-45-39(25-21-34(43(33)45)36-23-27-41(52(55)60)46(40)44(35)36)50(58)54(49(38)57)28-29-62-53(61)42-19-13-18-32-31-16-11-12-17-37(31)48(56)47(32)42/h11-13,16-27,30H,3-10,14-15,28-29H2,1-2H3. The maximum Gasteiger partial charge on any atom is 0.338 e. The molecule has 0 saturated heterocycles. The van der Waals surface area contributed by atoms with Crippen molar-refractivity contribution in [3.63, 3.8) is 0 Å². The average molecular weight is 823 g/mol. The zero-order chi connectivity index (χ0) is 42.8. The van der Waals surface area contributed by atoms with Gasteiger partial charge in [0, 0.05) is 50.2 Å². The third-order valence-corrected chi connectivity index (χ3v) is 13.4. The van der Waals surface area contributed by atoms with E-state index in [0.29, 0.717) is 44.2 Å². The molecule has 10 rings (SSSR count). The molecule has 2 aliphatic heterocycles. The van der Waals surface area contributed by atoms with Gasteiger partial charge in [-0.1, -0.05) is 126 Å². The lowest BCUT2D eigenvalue weighted by molar-refractivity contribution is 0.0404. The number of ketones is 1. The maximum atomic E-state index is 14.5. The third-order valence-electron chi connectivity index (χ3n) is 13.4. The maximum absolute atomic E-state index is 14.5. The monoisotopic (exact) mass is 822 g/mol. The zero-order valence-electron chi connectivity index (χ0n) is 35.0. The number of imide groups is 2. The molecule has 7 aromatic rings. The summed E-state index contributed by atoms with van der Waals surface area (Å²) in [5.41, 5.74) is 4.13. The van der Waals surface area contributed by atoms with Crippen LogP contribution in [0.5, 0.6) is 0 Å². The van der Waals surface area contributed by atoms with Crippen molar-refractivity contribution in [2.45, 2.75) is 84.1 Å². The lowest BCUT2D eigenvalue weighted by Gasteiger charge is -2.35. The van der Waals surface area contributed by atoms with Gasteiger partial charge in [-0.3, -0.25) is 33.8 Å². The Labute approximate surface area is 358 Å². The van der Waals surface area contributed by atoms with Crippen molar-refractivity contribution in [2.75, 3.05) is 13.2 Å². The summed E-state index contributed by atoms with van der Waals surface area (Å²) >= 11 is 0. The number of hydrogen-bond donors (Lipinski definition) is 0. The number of ether oxygens (including phenoxy) is 1. The fraction of sp³-hybridized carbons (Fsp3) is 0.283. The Morgan fingerprint density at radius 3 is 1.50 bits per heavy atom. The molecular weight excluding hydrogens is 777 g/mol. The van der Waals surface area contributed by atoms with Gasteiger partial charge in [0.25, 0.3) is 23.6 Å². The van der Waals surface area contributed by atoms with Gasteiger partial charge in [0.15, 0.2) is 5.78 Å². The van der Waals surface area contributed by atoms with Crippen LogP contribution in [0.15, 0.2) is 91.0 Å². The summed E-state index contributed by atoms with van der Waals surface area (Å²) in [6, 6.07) is 26.9. The van der Waals surface area contributed by atoms with Gasteiger partial charge >= 0.3 is 5.97 Å². The number of esters is 1. The van der Waals surface area contributed by atoms with Crippen LogP contribution in [0.25, 0.3) is 54.2 Å². The van der Waals surface area contributed by atoms with Crippen LogP contribution in [-0.2, 0) is 4.74 Å². The molecule has 62 heavy (non-hydrogen) atoms. The van der Waals surface area contributed by atoms with E-state index in [1.165, 1.54) is 0 Å². The van der Waals surface area contributed by atoms with Gasteiger partial charge in [-0.25, -0.2) is 4.79 Å². The number of amides is 4. The van der Waals surface area contributed by atoms with Crippen molar-refractivity contribution in [1.29, 1.82) is 0 Å². The van der Waals surface area contributed by atoms with Crippen LogP contribution in [-0.4, -0.2) is 64.4 Å². The molecule has 2 heterocycles. The fourth-order valence-corrected chi connectivity index (χ4v) is 10.4. The zero-order valence-corrected chi connectivity index (χ0v) is 35.0. The topological polar surface area (TPSA) is 118 Å². The minimum absolute atomic E-state index is 0.135. The quantitative estimate of drug-likeness (QED) is 0.0332. The first-order valence-electron chi connectivity index (χ1n) is 22.1. The molecule has 3 aliphatic rings. The van der Waals surface area contributed by atoms with Crippen LogP contribution in [0.4, 0.5) is 0 Å². The van der Waals surface area contributed by atoms with Crippen molar-refractivity contribution in [3.8, 4) is 11.1 Å². The summed E-state index contributed by atoms with van der Waals surface area (Å²) < 4.78 is 5.63. The number of carbonyl (C=O) groups is 6. The van der Waals surface area contributed by atoms with E-state index in [4.69, 9.17) is 4.74 Å². The van der Waals surface area contributed by atoms with E-state index in [1.807, 2.05) is 48.5 Å². The largest absolute Gasteiger partial charge is 0.460 e. The molecule has 0 radical (unpaired) electrons. The van der Waals surface area contributed by atoms with Gasteiger partial charge in [-0.15, -0.1) is 0 Å². The van der Waals surface area contributed by atoms with Crippen LogP contribution >= 0.6 is 0 Å². The number of unbranched alkanes of at least 4 members (excludes halogenated alkanes) is 6. The van der Waals surface area contributed by atoms with E-state index in [1.54, 1.807) is 47.4 Å². The lowest BCUT2D eigenvalue weighted by Crippen LogP contribution is -2.47. The Balaban J connectivity index is 0.956. The predicted molar refractivity (Wildman–Crippen MR) is 240 cm³/mol. The minimum Gasteiger partial charge on any atom is -0.460 e. The van der Waals surface area contributed by atoms with Gasteiger partial charge in [0.1, 0.15) is 6.61 Å². The number of nitrogens with zero attached hydrogens (tertiary/aromatic N) is 2. The number of fused-ring (bicyclic) bond motifs is 5. The van der Waals surface area contributed by atoms with Gasteiger partial charge in [0.05, 0.1) is 12.1 Å². The van der Waals surface area contributed by atoms with Gasteiger partial charge in [-0.2, -0.15) is 0 Å².